The number of nitrogens with one attached hydrogen (secondary N) is 1. The molecular formula is C19H22N6O5S. The van der Waals surface area contributed by atoms with Crippen LogP contribution in [0.5, 0.6) is 0 Å². The number of benzene rings is 1. The second-order valence-corrected chi connectivity index (χ2v) is 9.06. The number of amides is 1. The summed E-state index contributed by atoms with van der Waals surface area (Å²) >= 11 is 0. The monoisotopic (exact) mass is 446 g/mol. The summed E-state index contributed by atoms with van der Waals surface area (Å²) in [7, 11) is -0.671. The topological polar surface area (TPSA) is 140 Å². The molecule has 0 atom stereocenters. The van der Waals surface area contributed by atoms with Gasteiger partial charge in [-0.2, -0.15) is 0 Å². The van der Waals surface area contributed by atoms with Gasteiger partial charge >= 0.3 is 5.69 Å². The van der Waals surface area contributed by atoms with Gasteiger partial charge in [-0.3, -0.25) is 19.9 Å². The maximum atomic E-state index is 12.4. The van der Waals surface area contributed by atoms with Crippen LogP contribution >= 0.6 is 0 Å². The van der Waals surface area contributed by atoms with E-state index in [1.807, 2.05) is 11.5 Å². The fourth-order valence-electron chi connectivity index (χ4n) is 3.15. The fourth-order valence-corrected chi connectivity index (χ4v) is 4.07. The molecule has 11 nitrogen and oxygen atoms in total. The Morgan fingerprint density at radius 3 is 2.68 bits per heavy atom. The summed E-state index contributed by atoms with van der Waals surface area (Å²) in [5.41, 5.74) is 1.07. The van der Waals surface area contributed by atoms with Gasteiger partial charge in [-0.15, -0.1) is 0 Å². The largest absolute Gasteiger partial charge is 0.328 e. The van der Waals surface area contributed by atoms with Crippen LogP contribution in [-0.2, 0) is 27.8 Å². The molecule has 0 saturated carbocycles. The number of aromatic nitrogens is 3. The number of anilines is 1. The maximum Gasteiger partial charge on any atom is 0.310 e. The molecule has 12 heteroatoms. The Morgan fingerprint density at radius 2 is 2.03 bits per heavy atom. The minimum absolute atomic E-state index is 0.0473. The first-order chi connectivity index (χ1) is 14.6. The summed E-state index contributed by atoms with van der Waals surface area (Å²) in [6.07, 6.45) is 2.76. The third-order valence-electron chi connectivity index (χ3n) is 4.74. The van der Waals surface area contributed by atoms with Gasteiger partial charge in [0, 0.05) is 39.7 Å². The summed E-state index contributed by atoms with van der Waals surface area (Å²) < 4.78 is 27.8. The maximum absolute atomic E-state index is 12.4. The van der Waals surface area contributed by atoms with Crippen LogP contribution in [0, 0.1) is 10.1 Å². The van der Waals surface area contributed by atoms with Gasteiger partial charge in [0.1, 0.15) is 17.7 Å². The van der Waals surface area contributed by atoms with Crippen molar-refractivity contribution >= 4 is 38.3 Å². The highest BCUT2D eigenvalue weighted by atomic mass is 32.2. The highest BCUT2D eigenvalue weighted by Crippen LogP contribution is 2.24. The molecule has 0 aliphatic heterocycles. The summed E-state index contributed by atoms with van der Waals surface area (Å²) in [5, 5.41) is 13.6. The van der Waals surface area contributed by atoms with Crippen LogP contribution in [0.25, 0.3) is 11.0 Å². The van der Waals surface area contributed by atoms with Crippen LogP contribution in [-0.4, -0.2) is 52.2 Å². The average Bonchev–Trinajstić information content (AvgIpc) is 3.09. The second kappa shape index (κ2) is 8.78. The van der Waals surface area contributed by atoms with E-state index in [0.717, 1.165) is 16.0 Å². The number of pyridine rings is 1. The summed E-state index contributed by atoms with van der Waals surface area (Å²) in [5.74, 6) is 0.219. The van der Waals surface area contributed by atoms with E-state index in [9.17, 15) is 23.3 Å². The molecule has 0 aliphatic rings. The van der Waals surface area contributed by atoms with Crippen LogP contribution in [0.2, 0.25) is 0 Å². The number of imidazole rings is 1. The molecule has 0 unspecified atom stereocenters. The molecule has 31 heavy (non-hydrogen) atoms. The first-order valence-corrected chi connectivity index (χ1v) is 10.9. The van der Waals surface area contributed by atoms with Crippen molar-refractivity contribution in [3.05, 3.63) is 52.6 Å². The minimum atomic E-state index is -3.59. The Kier molecular flexibility index (Phi) is 6.32. The number of carbonyl (C=O) groups excluding carboxylic acids is 1. The standard InChI is InChI=1S/C19H22N6O5S/c1-4-24-16-6-5-13(31(29,30)23(2)3)11-15(16)21-18(24)7-8-19(26)22-14-9-10-20-12-17(14)25(27)28/h5-6,9-12H,4,7-8H2,1-3H3,(H,20,22,26). The predicted octanol–water partition coefficient (Wildman–Crippen LogP) is 2.18. The molecule has 0 spiro atoms. The number of nitrogens with zero attached hydrogens (tertiary/aromatic N) is 5. The molecule has 2 aromatic heterocycles. The molecule has 1 amide bonds. The van der Waals surface area contributed by atoms with Crippen LogP contribution < -0.4 is 5.32 Å². The van der Waals surface area contributed by atoms with Crippen LogP contribution in [0.15, 0.2) is 41.6 Å². The minimum Gasteiger partial charge on any atom is -0.328 e. The van der Waals surface area contributed by atoms with E-state index in [4.69, 9.17) is 0 Å². The molecule has 1 N–H and O–H groups in total. The zero-order valence-electron chi connectivity index (χ0n) is 17.3. The molecule has 164 valence electrons. The van der Waals surface area contributed by atoms with Gasteiger partial charge in [0.25, 0.3) is 0 Å². The third-order valence-corrected chi connectivity index (χ3v) is 6.55. The lowest BCUT2D eigenvalue weighted by Crippen LogP contribution is -2.22. The SMILES string of the molecule is CCn1c(CCC(=O)Nc2ccncc2[N+](=O)[O-])nc2cc(S(=O)(=O)N(C)C)ccc21. The van der Waals surface area contributed by atoms with E-state index in [2.05, 4.69) is 15.3 Å². The van der Waals surface area contributed by atoms with Gasteiger partial charge < -0.3 is 9.88 Å². The quantitative estimate of drug-likeness (QED) is 0.413. The zero-order valence-corrected chi connectivity index (χ0v) is 18.1. The molecule has 0 fully saturated rings. The van der Waals surface area contributed by atoms with Crippen molar-refractivity contribution in [2.24, 2.45) is 0 Å². The molecular weight excluding hydrogens is 424 g/mol. The van der Waals surface area contributed by atoms with E-state index < -0.39 is 20.9 Å². The molecule has 3 rings (SSSR count). The van der Waals surface area contributed by atoms with E-state index in [0.29, 0.717) is 17.9 Å². The highest BCUT2D eigenvalue weighted by Gasteiger charge is 2.20. The van der Waals surface area contributed by atoms with E-state index in [1.54, 1.807) is 6.07 Å². The molecule has 0 saturated heterocycles. The number of aryl methyl sites for hydroxylation is 2. The number of rotatable bonds is 8. The van der Waals surface area contributed by atoms with Gasteiger partial charge in [-0.05, 0) is 31.2 Å². The van der Waals surface area contributed by atoms with Gasteiger partial charge in [-0.1, -0.05) is 0 Å². The van der Waals surface area contributed by atoms with Gasteiger partial charge in [0.2, 0.25) is 15.9 Å². The summed E-state index contributed by atoms with van der Waals surface area (Å²) in [4.78, 5) is 31.2. The Bertz CT molecular complexity index is 1250. The number of hydrogen-bond donors (Lipinski definition) is 1. The van der Waals surface area contributed by atoms with Crippen molar-refractivity contribution in [1.82, 2.24) is 18.8 Å². The smallest absolute Gasteiger partial charge is 0.310 e. The van der Waals surface area contributed by atoms with Crippen molar-refractivity contribution in [2.75, 3.05) is 19.4 Å². The predicted molar refractivity (Wildman–Crippen MR) is 114 cm³/mol. The lowest BCUT2D eigenvalue weighted by molar-refractivity contribution is -0.384. The molecule has 0 aliphatic carbocycles. The molecule has 0 bridgehead atoms. The van der Waals surface area contributed by atoms with Crippen molar-refractivity contribution in [3.8, 4) is 0 Å². The lowest BCUT2D eigenvalue weighted by atomic mass is 10.2. The normalized spacial score (nSPS) is 11.7. The van der Waals surface area contributed by atoms with Crippen LogP contribution in [0.3, 0.4) is 0 Å². The van der Waals surface area contributed by atoms with E-state index >= 15 is 0 Å². The van der Waals surface area contributed by atoms with Crippen molar-refractivity contribution in [1.29, 1.82) is 0 Å². The zero-order chi connectivity index (χ0) is 22.8. The molecule has 0 radical (unpaired) electrons. The second-order valence-electron chi connectivity index (χ2n) is 6.91. The first-order valence-electron chi connectivity index (χ1n) is 9.45. The van der Waals surface area contributed by atoms with Crippen LogP contribution in [0.4, 0.5) is 11.4 Å². The number of nitro groups is 1. The first kappa shape index (κ1) is 22.3. The highest BCUT2D eigenvalue weighted by molar-refractivity contribution is 7.89. The lowest BCUT2D eigenvalue weighted by Gasteiger charge is -2.11. The number of carbonyl (C=O) groups is 1. The Hall–Kier alpha value is -3.38. The van der Waals surface area contributed by atoms with Crippen LogP contribution in [0.1, 0.15) is 19.2 Å². The van der Waals surface area contributed by atoms with Gasteiger partial charge in [0.15, 0.2) is 0 Å². The molecule has 1 aromatic carbocycles. The van der Waals surface area contributed by atoms with Crippen molar-refractivity contribution in [3.63, 3.8) is 0 Å². The number of sulfonamides is 1. The molecule has 3 aromatic rings. The van der Waals surface area contributed by atoms with Crippen molar-refractivity contribution in [2.45, 2.75) is 31.2 Å². The van der Waals surface area contributed by atoms with Gasteiger partial charge in [-0.25, -0.2) is 17.7 Å². The Morgan fingerprint density at radius 1 is 1.29 bits per heavy atom. The third kappa shape index (κ3) is 4.54. The van der Waals surface area contributed by atoms with E-state index in [1.165, 1.54) is 38.5 Å². The van der Waals surface area contributed by atoms with Crippen molar-refractivity contribution < 1.29 is 18.1 Å². The number of hydrogen-bond acceptors (Lipinski definition) is 7. The van der Waals surface area contributed by atoms with E-state index in [-0.39, 0.29) is 29.1 Å². The molecule has 2 heterocycles. The summed E-state index contributed by atoms with van der Waals surface area (Å²) in [6.45, 7) is 2.51. The fraction of sp³-hybridized carbons (Fsp3) is 0.316. The summed E-state index contributed by atoms with van der Waals surface area (Å²) in [6, 6.07) is 6.11. The van der Waals surface area contributed by atoms with Gasteiger partial charge in [0.05, 0.1) is 20.9 Å². The average molecular weight is 446 g/mol. The Labute approximate surface area is 178 Å². The Balaban J connectivity index is 1.82. The number of fused-ring (bicyclic) bond motifs is 1.